The van der Waals surface area contributed by atoms with Gasteiger partial charge < -0.3 is 23.6 Å². The van der Waals surface area contributed by atoms with Crippen molar-refractivity contribution in [3.05, 3.63) is 74.5 Å². The summed E-state index contributed by atoms with van der Waals surface area (Å²) in [6, 6.07) is 8.01. The number of rotatable bonds is 8. The van der Waals surface area contributed by atoms with E-state index in [-0.39, 0.29) is 36.5 Å². The largest absolute Gasteiger partial charge is 0.519 e. The van der Waals surface area contributed by atoms with Crippen LogP contribution >= 0.6 is 0 Å². The van der Waals surface area contributed by atoms with Crippen molar-refractivity contribution in [2.75, 3.05) is 0 Å². The molecule has 3 rings (SSSR count). The van der Waals surface area contributed by atoms with Crippen molar-refractivity contribution >= 4 is 12.1 Å². The topological polar surface area (TPSA) is 121 Å². The number of nitrogens with zero attached hydrogens (tertiary/aromatic N) is 1. The molecule has 0 aliphatic rings. The summed E-state index contributed by atoms with van der Waals surface area (Å²) in [6.07, 6.45) is 0.0440. The number of aryl methyl sites for hydroxylation is 3. The van der Waals surface area contributed by atoms with Crippen LogP contribution in [-0.2, 0) is 40.3 Å². The zero-order chi connectivity index (χ0) is 29.8. The number of hydrogen-bond donors (Lipinski definition) is 1. The molecule has 1 amide bonds. The number of pyridine rings is 1. The summed E-state index contributed by atoms with van der Waals surface area (Å²) < 4.78 is 20.7. The molecule has 0 spiro atoms. The molecule has 9 heteroatoms. The minimum absolute atomic E-state index is 0.0710. The molecule has 0 fully saturated rings. The third-order valence-corrected chi connectivity index (χ3v) is 6.06. The van der Waals surface area contributed by atoms with Crippen LogP contribution in [0.1, 0.15) is 81.1 Å². The van der Waals surface area contributed by atoms with Gasteiger partial charge in [0.1, 0.15) is 5.60 Å². The fourth-order valence-electron chi connectivity index (χ4n) is 4.29. The number of benzene rings is 1. The van der Waals surface area contributed by atoms with E-state index in [1.807, 2.05) is 58.9 Å². The highest BCUT2D eigenvalue weighted by atomic mass is 16.6. The van der Waals surface area contributed by atoms with E-state index in [1.54, 1.807) is 6.92 Å². The summed E-state index contributed by atoms with van der Waals surface area (Å²) in [6.45, 7) is 17.2. The average Bonchev–Trinajstić information content (AvgIpc) is 3.13. The summed E-state index contributed by atoms with van der Waals surface area (Å²) in [4.78, 5) is 42.0. The first-order valence-corrected chi connectivity index (χ1v) is 13.3. The Morgan fingerprint density at radius 2 is 1.60 bits per heavy atom. The molecule has 2 aromatic heterocycles. The lowest BCUT2D eigenvalue weighted by molar-refractivity contribution is -0.144. The monoisotopic (exact) mass is 552 g/mol. The first-order chi connectivity index (χ1) is 18.5. The van der Waals surface area contributed by atoms with E-state index in [1.165, 1.54) is 0 Å². The van der Waals surface area contributed by atoms with Gasteiger partial charge in [-0.15, -0.1) is 0 Å². The fourth-order valence-corrected chi connectivity index (χ4v) is 4.29. The quantitative estimate of drug-likeness (QED) is 0.332. The van der Waals surface area contributed by atoms with E-state index in [9.17, 15) is 14.4 Å². The standard InChI is InChI=1S/C31H40N2O7/c1-18-10-12-21(13-11-18)27-22(14-26(34)37-17-25-20(3)38-29(36)39-25)19(2)33-24(15-30(4,5)6)23(27)16-32-28(35)40-31(7,8)9/h10-13H,14-17H2,1-9H3,(H,32,35). The number of alkyl carbamates (subject to hydrolysis) is 1. The van der Waals surface area contributed by atoms with Crippen LogP contribution in [0.2, 0.25) is 0 Å². The minimum atomic E-state index is -0.846. The van der Waals surface area contributed by atoms with Crippen molar-refractivity contribution in [2.24, 2.45) is 5.41 Å². The fraction of sp³-hybridized carbons (Fsp3) is 0.484. The molecule has 1 aromatic carbocycles. The molecule has 216 valence electrons. The molecule has 1 N–H and O–H groups in total. The maximum absolute atomic E-state index is 13.1. The molecule has 0 bridgehead atoms. The second kappa shape index (κ2) is 12.1. The molecule has 0 saturated carbocycles. The normalized spacial score (nSPS) is 11.8. The molecule has 2 heterocycles. The first-order valence-electron chi connectivity index (χ1n) is 13.3. The van der Waals surface area contributed by atoms with Gasteiger partial charge in [-0.25, -0.2) is 9.59 Å². The molecule has 0 unspecified atom stereocenters. The molecular formula is C31H40N2O7. The summed E-state index contributed by atoms with van der Waals surface area (Å²) in [7, 11) is 0. The second-order valence-corrected chi connectivity index (χ2v) is 12.2. The Balaban J connectivity index is 2.07. The zero-order valence-corrected chi connectivity index (χ0v) is 24.9. The highest BCUT2D eigenvalue weighted by Crippen LogP contribution is 2.35. The average molecular weight is 553 g/mol. The van der Waals surface area contributed by atoms with Crippen molar-refractivity contribution in [3.8, 4) is 11.1 Å². The zero-order valence-electron chi connectivity index (χ0n) is 24.9. The van der Waals surface area contributed by atoms with Gasteiger partial charge in [0.05, 0.1) is 6.42 Å². The van der Waals surface area contributed by atoms with Gasteiger partial charge in [-0.2, -0.15) is 0 Å². The third kappa shape index (κ3) is 8.56. The molecule has 0 radical (unpaired) electrons. The maximum Gasteiger partial charge on any atom is 0.519 e. The van der Waals surface area contributed by atoms with E-state index in [4.69, 9.17) is 23.3 Å². The van der Waals surface area contributed by atoms with Crippen LogP contribution in [0.3, 0.4) is 0 Å². The van der Waals surface area contributed by atoms with Gasteiger partial charge in [0.25, 0.3) is 0 Å². The lowest BCUT2D eigenvalue weighted by atomic mass is 9.84. The Morgan fingerprint density at radius 3 is 2.15 bits per heavy atom. The van der Waals surface area contributed by atoms with Crippen molar-refractivity contribution in [2.45, 2.75) is 93.9 Å². The lowest BCUT2D eigenvalue weighted by Crippen LogP contribution is -2.33. The maximum atomic E-state index is 13.1. The van der Waals surface area contributed by atoms with E-state index < -0.39 is 23.5 Å². The van der Waals surface area contributed by atoms with Crippen LogP contribution in [0.4, 0.5) is 4.79 Å². The van der Waals surface area contributed by atoms with Crippen molar-refractivity contribution in [1.82, 2.24) is 10.3 Å². The number of hydrogen-bond acceptors (Lipinski definition) is 8. The van der Waals surface area contributed by atoms with Gasteiger partial charge in [0.15, 0.2) is 18.1 Å². The molecule has 9 nitrogen and oxygen atoms in total. The molecule has 0 aliphatic carbocycles. The van der Waals surface area contributed by atoms with Gasteiger partial charge in [-0.1, -0.05) is 50.6 Å². The predicted octanol–water partition coefficient (Wildman–Crippen LogP) is 6.12. The van der Waals surface area contributed by atoms with Gasteiger partial charge in [-0.3, -0.25) is 9.78 Å². The molecule has 3 aromatic rings. The predicted molar refractivity (Wildman–Crippen MR) is 151 cm³/mol. The molecular weight excluding hydrogens is 512 g/mol. The SMILES string of the molecule is Cc1ccc(-c2c(CC(=O)OCc3oc(=O)oc3C)c(C)nc(CC(C)(C)C)c2CNC(=O)OC(C)(C)C)cc1. The third-order valence-electron chi connectivity index (χ3n) is 6.06. The Bertz CT molecular complexity index is 1420. The molecule has 40 heavy (non-hydrogen) atoms. The Labute approximate surface area is 235 Å². The first kappa shape index (κ1) is 30.7. The van der Waals surface area contributed by atoms with Crippen LogP contribution in [0, 0.1) is 26.2 Å². The summed E-state index contributed by atoms with van der Waals surface area (Å²) in [5.74, 6) is -0.939. The van der Waals surface area contributed by atoms with Crippen molar-refractivity contribution in [3.63, 3.8) is 0 Å². The number of aromatic nitrogens is 1. The highest BCUT2D eigenvalue weighted by molar-refractivity contribution is 5.81. The second-order valence-electron chi connectivity index (χ2n) is 12.2. The molecule has 0 aliphatic heterocycles. The van der Waals surface area contributed by atoms with Gasteiger partial charge >= 0.3 is 17.9 Å². The van der Waals surface area contributed by atoms with Gasteiger partial charge in [-0.05, 0) is 70.1 Å². The lowest BCUT2D eigenvalue weighted by Gasteiger charge is -2.25. The number of nitrogens with one attached hydrogen (secondary N) is 1. The minimum Gasteiger partial charge on any atom is -0.457 e. The van der Waals surface area contributed by atoms with E-state index in [2.05, 4.69) is 26.1 Å². The highest BCUT2D eigenvalue weighted by Gasteiger charge is 2.26. The van der Waals surface area contributed by atoms with E-state index in [0.717, 1.165) is 27.9 Å². The summed E-state index contributed by atoms with van der Waals surface area (Å²) in [5.41, 5.74) is 5.12. The number of amides is 1. The Kier molecular flexibility index (Phi) is 9.28. The Hall–Kier alpha value is -3.88. The van der Waals surface area contributed by atoms with Crippen LogP contribution in [0.15, 0.2) is 37.9 Å². The van der Waals surface area contributed by atoms with E-state index >= 15 is 0 Å². The summed E-state index contributed by atoms with van der Waals surface area (Å²) in [5, 5.41) is 2.89. The van der Waals surface area contributed by atoms with Gasteiger partial charge in [0.2, 0.25) is 0 Å². The van der Waals surface area contributed by atoms with E-state index in [0.29, 0.717) is 17.7 Å². The number of carbonyl (C=O) groups is 2. The smallest absolute Gasteiger partial charge is 0.457 e. The van der Waals surface area contributed by atoms with Crippen LogP contribution in [0.5, 0.6) is 0 Å². The van der Waals surface area contributed by atoms with Crippen LogP contribution < -0.4 is 11.1 Å². The number of esters is 1. The van der Waals surface area contributed by atoms with Crippen LogP contribution in [0.25, 0.3) is 11.1 Å². The number of carbonyl (C=O) groups excluding carboxylic acids is 2. The molecule has 0 saturated heterocycles. The van der Waals surface area contributed by atoms with Gasteiger partial charge in [0, 0.05) is 23.5 Å². The Morgan fingerprint density at radius 1 is 0.950 bits per heavy atom. The summed E-state index contributed by atoms with van der Waals surface area (Å²) >= 11 is 0. The van der Waals surface area contributed by atoms with Crippen molar-refractivity contribution < 1.29 is 27.9 Å². The molecule has 0 atom stereocenters. The number of ether oxygens (including phenoxy) is 2. The van der Waals surface area contributed by atoms with Crippen LogP contribution in [-0.4, -0.2) is 22.6 Å². The van der Waals surface area contributed by atoms with Crippen molar-refractivity contribution in [1.29, 1.82) is 0 Å².